The highest BCUT2D eigenvalue weighted by Crippen LogP contribution is 2.30. The van der Waals surface area contributed by atoms with Crippen LogP contribution in [0.4, 0.5) is 8.78 Å². The molecule has 0 spiro atoms. The van der Waals surface area contributed by atoms with Crippen LogP contribution in [0.2, 0.25) is 0 Å². The number of rotatable bonds is 3. The summed E-state index contributed by atoms with van der Waals surface area (Å²) in [4.78, 5) is 7.12. The number of imidazole rings is 1. The molecule has 0 atom stereocenters. The second-order valence-electron chi connectivity index (χ2n) is 4.27. The summed E-state index contributed by atoms with van der Waals surface area (Å²) in [5, 5.41) is 0. The summed E-state index contributed by atoms with van der Waals surface area (Å²) < 4.78 is 32.4. The molecule has 1 N–H and O–H groups in total. The number of aromatic nitrogens is 2. The van der Waals surface area contributed by atoms with Crippen molar-refractivity contribution in [2.45, 2.75) is 6.92 Å². The summed E-state index contributed by atoms with van der Waals surface area (Å²) in [6.07, 6.45) is 0. The van der Waals surface area contributed by atoms with Crippen LogP contribution in [0.1, 0.15) is 6.92 Å². The van der Waals surface area contributed by atoms with Gasteiger partial charge in [0.05, 0.1) is 17.7 Å². The van der Waals surface area contributed by atoms with E-state index in [4.69, 9.17) is 4.74 Å². The van der Waals surface area contributed by atoms with Gasteiger partial charge in [0.2, 0.25) is 0 Å². The molecule has 1 aromatic heterocycles. The first-order valence-corrected chi connectivity index (χ1v) is 6.26. The molecule has 0 radical (unpaired) electrons. The smallest absolute Gasteiger partial charge is 0.186 e. The Morgan fingerprint density at radius 1 is 1.15 bits per heavy atom. The van der Waals surface area contributed by atoms with Gasteiger partial charge in [-0.05, 0) is 31.2 Å². The van der Waals surface area contributed by atoms with Crippen LogP contribution >= 0.6 is 0 Å². The number of benzene rings is 2. The summed E-state index contributed by atoms with van der Waals surface area (Å²) in [7, 11) is 0. The quantitative estimate of drug-likeness (QED) is 0.786. The minimum atomic E-state index is -0.945. The lowest BCUT2D eigenvalue weighted by molar-refractivity contribution is 0.341. The van der Waals surface area contributed by atoms with Crippen molar-refractivity contribution in [3.05, 3.63) is 48.0 Å². The van der Waals surface area contributed by atoms with Gasteiger partial charge in [0.1, 0.15) is 17.1 Å². The van der Waals surface area contributed by atoms with Gasteiger partial charge in [0.15, 0.2) is 11.6 Å². The molecule has 3 rings (SSSR count). The lowest BCUT2D eigenvalue weighted by Crippen LogP contribution is -1.94. The Bertz CT molecular complexity index is 768. The zero-order chi connectivity index (χ0) is 14.1. The van der Waals surface area contributed by atoms with E-state index in [-0.39, 0.29) is 5.52 Å². The predicted molar refractivity (Wildman–Crippen MR) is 72.6 cm³/mol. The minimum Gasteiger partial charge on any atom is -0.493 e. The average Bonchev–Trinajstić information content (AvgIpc) is 2.89. The Kier molecular flexibility index (Phi) is 3.10. The predicted octanol–water partition coefficient (Wildman–Crippen LogP) is 3.91. The number of halogens is 2. The van der Waals surface area contributed by atoms with Gasteiger partial charge in [-0.15, -0.1) is 0 Å². The van der Waals surface area contributed by atoms with Crippen molar-refractivity contribution in [1.82, 2.24) is 9.97 Å². The standard InChI is InChI=1S/C15H12F2N2O/c1-2-20-12-6-4-3-5-9(12)15-18-11-8-7-10(16)13(17)14(11)19-15/h3-8H,2H2,1H3,(H,18,19). The molecule has 20 heavy (non-hydrogen) atoms. The Morgan fingerprint density at radius 2 is 1.95 bits per heavy atom. The molecule has 0 unspecified atom stereocenters. The maximum atomic E-state index is 13.7. The van der Waals surface area contributed by atoms with Crippen molar-refractivity contribution in [3.63, 3.8) is 0 Å². The van der Waals surface area contributed by atoms with E-state index >= 15 is 0 Å². The summed E-state index contributed by atoms with van der Waals surface area (Å²) in [5.41, 5.74) is 1.15. The zero-order valence-corrected chi connectivity index (χ0v) is 10.8. The summed E-state index contributed by atoms with van der Waals surface area (Å²) >= 11 is 0. The fourth-order valence-corrected chi connectivity index (χ4v) is 2.09. The van der Waals surface area contributed by atoms with Crippen LogP contribution in [-0.2, 0) is 0 Å². The van der Waals surface area contributed by atoms with Crippen LogP contribution in [0.15, 0.2) is 36.4 Å². The molecular weight excluding hydrogens is 262 g/mol. The zero-order valence-electron chi connectivity index (χ0n) is 10.8. The summed E-state index contributed by atoms with van der Waals surface area (Å²) in [5.74, 6) is -0.754. The van der Waals surface area contributed by atoms with Gasteiger partial charge in [0.25, 0.3) is 0 Å². The normalized spacial score (nSPS) is 10.9. The van der Waals surface area contributed by atoms with Gasteiger partial charge in [0, 0.05) is 0 Å². The molecule has 0 bridgehead atoms. The third kappa shape index (κ3) is 2.01. The maximum Gasteiger partial charge on any atom is 0.186 e. The van der Waals surface area contributed by atoms with E-state index in [1.54, 1.807) is 0 Å². The number of nitrogens with zero attached hydrogens (tertiary/aromatic N) is 1. The molecule has 1 heterocycles. The molecule has 3 aromatic rings. The lowest BCUT2D eigenvalue weighted by Gasteiger charge is -2.07. The molecule has 102 valence electrons. The van der Waals surface area contributed by atoms with Crippen molar-refractivity contribution >= 4 is 11.0 Å². The number of nitrogens with one attached hydrogen (secondary N) is 1. The van der Waals surface area contributed by atoms with E-state index in [0.29, 0.717) is 29.3 Å². The lowest BCUT2D eigenvalue weighted by atomic mass is 10.2. The third-order valence-electron chi connectivity index (χ3n) is 2.99. The molecule has 0 saturated heterocycles. The highest BCUT2D eigenvalue weighted by Gasteiger charge is 2.14. The van der Waals surface area contributed by atoms with Crippen LogP contribution in [-0.4, -0.2) is 16.6 Å². The van der Waals surface area contributed by atoms with E-state index in [2.05, 4.69) is 9.97 Å². The van der Waals surface area contributed by atoms with Gasteiger partial charge in [-0.2, -0.15) is 0 Å². The highest BCUT2D eigenvalue weighted by atomic mass is 19.2. The van der Waals surface area contributed by atoms with Gasteiger partial charge in [-0.3, -0.25) is 0 Å². The summed E-state index contributed by atoms with van der Waals surface area (Å²) in [6, 6.07) is 9.85. The largest absolute Gasteiger partial charge is 0.493 e. The van der Waals surface area contributed by atoms with Crippen LogP contribution in [0.25, 0.3) is 22.4 Å². The highest BCUT2D eigenvalue weighted by molar-refractivity contribution is 5.81. The molecule has 2 aromatic carbocycles. The summed E-state index contributed by atoms with van der Waals surface area (Å²) in [6.45, 7) is 2.39. The Labute approximate surface area is 114 Å². The Balaban J connectivity index is 2.18. The molecule has 3 nitrogen and oxygen atoms in total. The molecule has 0 saturated carbocycles. The molecule has 5 heteroatoms. The first-order valence-electron chi connectivity index (χ1n) is 6.26. The first-order chi connectivity index (χ1) is 9.70. The van der Waals surface area contributed by atoms with E-state index in [9.17, 15) is 8.78 Å². The van der Waals surface area contributed by atoms with Gasteiger partial charge in [-0.1, -0.05) is 12.1 Å². The number of hydrogen-bond acceptors (Lipinski definition) is 2. The number of ether oxygens (including phenoxy) is 1. The van der Waals surface area contributed by atoms with Crippen LogP contribution < -0.4 is 4.74 Å². The van der Waals surface area contributed by atoms with Gasteiger partial charge >= 0.3 is 0 Å². The molecule has 0 aliphatic carbocycles. The number of para-hydroxylation sites is 1. The molecule has 0 amide bonds. The van der Waals surface area contributed by atoms with Crippen molar-refractivity contribution in [2.75, 3.05) is 6.61 Å². The molecule has 0 aliphatic heterocycles. The topological polar surface area (TPSA) is 37.9 Å². The number of aromatic amines is 1. The second-order valence-corrected chi connectivity index (χ2v) is 4.27. The van der Waals surface area contributed by atoms with E-state index in [1.807, 2.05) is 31.2 Å². The number of H-pyrrole nitrogens is 1. The fraction of sp³-hybridized carbons (Fsp3) is 0.133. The maximum absolute atomic E-state index is 13.7. The van der Waals surface area contributed by atoms with Crippen LogP contribution in [0.3, 0.4) is 0 Å². The van der Waals surface area contributed by atoms with Crippen molar-refractivity contribution in [2.24, 2.45) is 0 Å². The number of hydrogen-bond donors (Lipinski definition) is 1. The second kappa shape index (κ2) is 4.92. The van der Waals surface area contributed by atoms with Gasteiger partial charge < -0.3 is 9.72 Å². The fourth-order valence-electron chi connectivity index (χ4n) is 2.09. The third-order valence-corrected chi connectivity index (χ3v) is 2.99. The number of fused-ring (bicyclic) bond motifs is 1. The van der Waals surface area contributed by atoms with Crippen molar-refractivity contribution in [1.29, 1.82) is 0 Å². The van der Waals surface area contributed by atoms with Crippen molar-refractivity contribution < 1.29 is 13.5 Å². The molecular formula is C15H12F2N2O. The monoisotopic (exact) mass is 274 g/mol. The van der Waals surface area contributed by atoms with Crippen LogP contribution in [0, 0.1) is 11.6 Å². The Hall–Kier alpha value is -2.43. The minimum absolute atomic E-state index is 0.00805. The Morgan fingerprint density at radius 3 is 2.75 bits per heavy atom. The van der Waals surface area contributed by atoms with Crippen LogP contribution in [0.5, 0.6) is 5.75 Å². The van der Waals surface area contributed by atoms with E-state index in [0.717, 1.165) is 6.07 Å². The molecule has 0 aliphatic rings. The van der Waals surface area contributed by atoms with E-state index < -0.39 is 11.6 Å². The SMILES string of the molecule is CCOc1ccccc1-c1nc2c(F)c(F)ccc2[nH]1. The average molecular weight is 274 g/mol. The first kappa shape index (κ1) is 12.6. The molecule has 0 fully saturated rings. The van der Waals surface area contributed by atoms with Gasteiger partial charge in [-0.25, -0.2) is 13.8 Å². The van der Waals surface area contributed by atoms with E-state index in [1.165, 1.54) is 6.07 Å². The van der Waals surface area contributed by atoms with Crippen molar-refractivity contribution in [3.8, 4) is 17.1 Å².